The van der Waals surface area contributed by atoms with Crippen LogP contribution < -0.4 is 5.32 Å². The monoisotopic (exact) mass is 388 g/mol. The lowest BCUT2D eigenvalue weighted by Crippen LogP contribution is -2.46. The number of thiophene rings is 1. The Labute approximate surface area is 160 Å². The van der Waals surface area contributed by atoms with Gasteiger partial charge >= 0.3 is 5.97 Å². The van der Waals surface area contributed by atoms with Crippen molar-refractivity contribution in [3.63, 3.8) is 0 Å². The van der Waals surface area contributed by atoms with Crippen LogP contribution in [-0.4, -0.2) is 55.1 Å². The minimum atomic E-state index is -0.583. The Bertz CT molecular complexity index is 804. The Kier molecular flexibility index (Phi) is 6.20. The van der Waals surface area contributed by atoms with Crippen LogP contribution in [0.1, 0.15) is 27.0 Å². The third kappa shape index (κ3) is 5.15. The van der Waals surface area contributed by atoms with Gasteiger partial charge in [-0.25, -0.2) is 4.79 Å². The Balaban J connectivity index is 1.50. The molecule has 1 atom stereocenters. The number of carbonyl (C=O) groups excluding carboxylic acids is 3. The first kappa shape index (κ1) is 19.1. The standard InChI is InChI=1S/C19H20N2O5S/c1-13-11-21(8-9-25-13)17(22)12-26-19(24)14-4-6-15(7-5-14)20-18(23)16-3-2-10-27-16/h2-7,10,13H,8-9,11-12H2,1H3,(H,20,23). The van der Waals surface area contributed by atoms with E-state index in [1.807, 2.05) is 12.3 Å². The van der Waals surface area contributed by atoms with Crippen LogP contribution >= 0.6 is 11.3 Å². The highest BCUT2D eigenvalue weighted by Gasteiger charge is 2.22. The number of ether oxygens (including phenoxy) is 2. The van der Waals surface area contributed by atoms with Gasteiger partial charge in [0.2, 0.25) is 0 Å². The van der Waals surface area contributed by atoms with Crippen molar-refractivity contribution in [2.24, 2.45) is 0 Å². The molecule has 0 bridgehead atoms. The van der Waals surface area contributed by atoms with Gasteiger partial charge in [0.05, 0.1) is 23.2 Å². The van der Waals surface area contributed by atoms with E-state index in [9.17, 15) is 14.4 Å². The number of amides is 2. The van der Waals surface area contributed by atoms with Crippen molar-refractivity contribution < 1.29 is 23.9 Å². The Hall–Kier alpha value is -2.71. The van der Waals surface area contributed by atoms with Gasteiger partial charge < -0.3 is 19.7 Å². The summed E-state index contributed by atoms with van der Waals surface area (Å²) in [5.74, 6) is -1.02. The van der Waals surface area contributed by atoms with Gasteiger partial charge in [-0.1, -0.05) is 6.07 Å². The lowest BCUT2D eigenvalue weighted by Gasteiger charge is -2.30. The summed E-state index contributed by atoms with van der Waals surface area (Å²) in [4.78, 5) is 38.5. The Morgan fingerprint density at radius 2 is 2.04 bits per heavy atom. The molecule has 7 nitrogen and oxygen atoms in total. The highest BCUT2D eigenvalue weighted by Crippen LogP contribution is 2.15. The van der Waals surface area contributed by atoms with Gasteiger partial charge in [-0.2, -0.15) is 0 Å². The van der Waals surface area contributed by atoms with E-state index in [1.54, 1.807) is 41.3 Å². The average Bonchev–Trinajstić information content (AvgIpc) is 3.21. The molecule has 2 heterocycles. The first-order chi connectivity index (χ1) is 13.0. The molecule has 1 N–H and O–H groups in total. The second kappa shape index (κ2) is 8.79. The molecule has 0 spiro atoms. The van der Waals surface area contributed by atoms with Crippen molar-refractivity contribution in [3.8, 4) is 0 Å². The van der Waals surface area contributed by atoms with Crippen LogP contribution in [0.2, 0.25) is 0 Å². The maximum Gasteiger partial charge on any atom is 0.338 e. The molecule has 1 aliphatic rings. The van der Waals surface area contributed by atoms with Gasteiger partial charge in [0.25, 0.3) is 11.8 Å². The van der Waals surface area contributed by atoms with E-state index in [0.29, 0.717) is 35.8 Å². The lowest BCUT2D eigenvalue weighted by molar-refractivity contribution is -0.141. The van der Waals surface area contributed by atoms with Crippen molar-refractivity contribution in [1.29, 1.82) is 0 Å². The van der Waals surface area contributed by atoms with E-state index in [2.05, 4.69) is 5.32 Å². The number of carbonyl (C=O) groups is 3. The smallest absolute Gasteiger partial charge is 0.338 e. The van der Waals surface area contributed by atoms with Crippen LogP contribution in [0.3, 0.4) is 0 Å². The highest BCUT2D eigenvalue weighted by molar-refractivity contribution is 7.12. The topological polar surface area (TPSA) is 84.9 Å². The molecule has 1 saturated heterocycles. The van der Waals surface area contributed by atoms with E-state index in [-0.39, 0.29) is 24.5 Å². The van der Waals surface area contributed by atoms with Gasteiger partial charge in [-0.05, 0) is 42.6 Å². The molecule has 1 fully saturated rings. The van der Waals surface area contributed by atoms with E-state index in [0.717, 1.165) is 0 Å². The molecule has 0 saturated carbocycles. The van der Waals surface area contributed by atoms with Gasteiger partial charge in [0.1, 0.15) is 0 Å². The number of esters is 1. The van der Waals surface area contributed by atoms with Gasteiger partial charge in [-0.3, -0.25) is 9.59 Å². The minimum Gasteiger partial charge on any atom is -0.452 e. The zero-order chi connectivity index (χ0) is 19.2. The number of anilines is 1. The quantitative estimate of drug-likeness (QED) is 0.795. The number of nitrogens with one attached hydrogen (secondary N) is 1. The predicted octanol–water partition coefficient (Wildman–Crippen LogP) is 2.40. The molecule has 1 aromatic heterocycles. The Morgan fingerprint density at radius 1 is 1.26 bits per heavy atom. The molecule has 142 valence electrons. The molecule has 0 aliphatic carbocycles. The third-order valence-electron chi connectivity index (χ3n) is 4.04. The summed E-state index contributed by atoms with van der Waals surface area (Å²) >= 11 is 1.35. The number of rotatable bonds is 5. The molecular weight excluding hydrogens is 368 g/mol. The molecule has 27 heavy (non-hydrogen) atoms. The Morgan fingerprint density at radius 3 is 2.70 bits per heavy atom. The summed E-state index contributed by atoms with van der Waals surface area (Å²) in [5, 5.41) is 4.58. The molecule has 1 aliphatic heterocycles. The summed E-state index contributed by atoms with van der Waals surface area (Å²) in [6, 6.07) is 9.87. The summed E-state index contributed by atoms with van der Waals surface area (Å²) in [7, 11) is 0. The van der Waals surface area contributed by atoms with Crippen molar-refractivity contribution >= 4 is 34.8 Å². The SMILES string of the molecule is CC1CN(C(=O)COC(=O)c2ccc(NC(=O)c3cccs3)cc2)CCO1. The summed E-state index contributed by atoms with van der Waals surface area (Å²) in [6.45, 7) is 3.07. The summed E-state index contributed by atoms with van der Waals surface area (Å²) in [6.07, 6.45) is -0.0182. The van der Waals surface area contributed by atoms with Crippen molar-refractivity contribution in [1.82, 2.24) is 4.90 Å². The van der Waals surface area contributed by atoms with E-state index < -0.39 is 5.97 Å². The summed E-state index contributed by atoms with van der Waals surface area (Å²) < 4.78 is 10.5. The van der Waals surface area contributed by atoms with E-state index >= 15 is 0 Å². The number of hydrogen-bond acceptors (Lipinski definition) is 6. The van der Waals surface area contributed by atoms with E-state index in [4.69, 9.17) is 9.47 Å². The maximum atomic E-state index is 12.1. The number of benzene rings is 1. The molecule has 3 rings (SSSR count). The molecule has 1 unspecified atom stereocenters. The zero-order valence-corrected chi connectivity index (χ0v) is 15.7. The minimum absolute atomic E-state index is 0.0182. The molecule has 1 aromatic carbocycles. The largest absolute Gasteiger partial charge is 0.452 e. The predicted molar refractivity (Wildman–Crippen MR) is 101 cm³/mol. The maximum absolute atomic E-state index is 12.1. The molecule has 2 aromatic rings. The number of hydrogen-bond donors (Lipinski definition) is 1. The second-order valence-corrected chi connectivity index (χ2v) is 7.05. The molecule has 0 radical (unpaired) electrons. The second-order valence-electron chi connectivity index (χ2n) is 6.11. The number of nitrogens with zero attached hydrogens (tertiary/aromatic N) is 1. The fourth-order valence-electron chi connectivity index (χ4n) is 2.64. The first-order valence-electron chi connectivity index (χ1n) is 8.54. The van der Waals surface area contributed by atoms with Crippen molar-refractivity contribution in [2.45, 2.75) is 13.0 Å². The van der Waals surface area contributed by atoms with Crippen molar-refractivity contribution in [3.05, 3.63) is 52.2 Å². The fourth-order valence-corrected chi connectivity index (χ4v) is 3.26. The van der Waals surface area contributed by atoms with Crippen LogP contribution in [0.5, 0.6) is 0 Å². The van der Waals surface area contributed by atoms with Crippen LogP contribution in [0, 0.1) is 0 Å². The zero-order valence-electron chi connectivity index (χ0n) is 14.8. The molecule has 2 amide bonds. The molecular formula is C19H20N2O5S. The van der Waals surface area contributed by atoms with Crippen LogP contribution in [0.15, 0.2) is 41.8 Å². The van der Waals surface area contributed by atoms with Crippen LogP contribution in [0.25, 0.3) is 0 Å². The number of morpholine rings is 1. The summed E-state index contributed by atoms with van der Waals surface area (Å²) in [5.41, 5.74) is 0.885. The highest BCUT2D eigenvalue weighted by atomic mass is 32.1. The van der Waals surface area contributed by atoms with Gasteiger partial charge in [-0.15, -0.1) is 11.3 Å². The van der Waals surface area contributed by atoms with Gasteiger partial charge in [0.15, 0.2) is 6.61 Å². The van der Waals surface area contributed by atoms with Crippen LogP contribution in [0.4, 0.5) is 5.69 Å². The average molecular weight is 388 g/mol. The normalized spacial score (nSPS) is 16.6. The van der Waals surface area contributed by atoms with Gasteiger partial charge in [0, 0.05) is 18.8 Å². The molecule has 8 heteroatoms. The van der Waals surface area contributed by atoms with Crippen molar-refractivity contribution in [2.75, 3.05) is 31.6 Å². The third-order valence-corrected chi connectivity index (χ3v) is 4.91. The fraction of sp³-hybridized carbons (Fsp3) is 0.316. The van der Waals surface area contributed by atoms with E-state index in [1.165, 1.54) is 11.3 Å². The van der Waals surface area contributed by atoms with Crippen LogP contribution in [-0.2, 0) is 14.3 Å². The lowest BCUT2D eigenvalue weighted by atomic mass is 10.2. The first-order valence-corrected chi connectivity index (χ1v) is 9.42.